The van der Waals surface area contributed by atoms with Crippen LogP contribution in [-0.2, 0) is 11.4 Å². The van der Waals surface area contributed by atoms with Gasteiger partial charge in [0.15, 0.2) is 11.5 Å². The lowest BCUT2D eigenvalue weighted by Crippen LogP contribution is -2.13. The highest BCUT2D eigenvalue weighted by Crippen LogP contribution is 2.35. The van der Waals surface area contributed by atoms with Crippen LogP contribution in [0.2, 0.25) is 0 Å². The van der Waals surface area contributed by atoms with Gasteiger partial charge in [-0.05, 0) is 66.1 Å². The molecular weight excluding hydrogens is 536 g/mol. The second-order valence-electron chi connectivity index (χ2n) is 6.93. The molecule has 1 amide bonds. The Morgan fingerprint density at radius 2 is 1.84 bits per heavy atom. The van der Waals surface area contributed by atoms with Crippen molar-refractivity contribution in [1.82, 2.24) is 0 Å². The second kappa shape index (κ2) is 11.0. The molecule has 0 aromatic heterocycles. The van der Waals surface area contributed by atoms with Crippen molar-refractivity contribution in [2.45, 2.75) is 13.5 Å². The van der Waals surface area contributed by atoms with Crippen molar-refractivity contribution in [2.75, 3.05) is 12.4 Å². The van der Waals surface area contributed by atoms with Crippen LogP contribution < -0.4 is 14.8 Å². The third-order valence-electron chi connectivity index (χ3n) is 4.53. The number of carbonyl (C=O) groups is 1. The van der Waals surface area contributed by atoms with Gasteiger partial charge in [-0.15, -0.1) is 0 Å². The van der Waals surface area contributed by atoms with Gasteiger partial charge in [0.2, 0.25) is 0 Å². The number of nitrogens with zero attached hydrogens (tertiary/aromatic N) is 1. The maximum absolute atomic E-state index is 12.6. The molecule has 0 atom stereocenters. The second-order valence-corrected chi connectivity index (χ2v) is 8.70. The average molecular weight is 556 g/mol. The van der Waals surface area contributed by atoms with Gasteiger partial charge >= 0.3 is 0 Å². The van der Waals surface area contributed by atoms with Crippen LogP contribution in [0, 0.1) is 18.3 Å². The standard InChI is InChI=1S/C25H20Br2N2O3/c1-16-4-3-5-21(10-16)29-25(30)19(14-28)11-18-12-23(31-2)24(13-22(18)27)32-15-17-6-8-20(26)9-7-17/h3-13H,15H2,1-2H3,(H,29,30)/b19-11+. The summed E-state index contributed by atoms with van der Waals surface area (Å²) in [7, 11) is 1.54. The number of rotatable bonds is 7. The number of nitriles is 1. The molecule has 0 aliphatic heterocycles. The molecule has 0 spiro atoms. The normalized spacial score (nSPS) is 10.9. The lowest BCUT2D eigenvalue weighted by atomic mass is 10.1. The summed E-state index contributed by atoms with van der Waals surface area (Å²) < 4.78 is 13.1. The van der Waals surface area contributed by atoms with E-state index < -0.39 is 5.91 Å². The predicted octanol–water partition coefficient (Wildman–Crippen LogP) is 6.65. The number of methoxy groups -OCH3 is 1. The van der Waals surface area contributed by atoms with E-state index in [-0.39, 0.29) is 5.57 Å². The fourth-order valence-electron chi connectivity index (χ4n) is 2.90. The van der Waals surface area contributed by atoms with E-state index in [0.717, 1.165) is 15.6 Å². The Hall–Kier alpha value is -3.08. The molecule has 0 heterocycles. The minimum atomic E-state index is -0.487. The fourth-order valence-corrected chi connectivity index (χ4v) is 3.60. The first-order chi connectivity index (χ1) is 15.4. The van der Waals surface area contributed by atoms with Crippen molar-refractivity contribution in [3.63, 3.8) is 0 Å². The molecule has 3 aromatic rings. The number of hydrogen-bond acceptors (Lipinski definition) is 4. The monoisotopic (exact) mass is 554 g/mol. The number of aryl methyl sites for hydroxylation is 1. The molecular formula is C25H20Br2N2O3. The third-order valence-corrected chi connectivity index (χ3v) is 5.75. The van der Waals surface area contributed by atoms with E-state index in [9.17, 15) is 10.1 Å². The minimum Gasteiger partial charge on any atom is -0.493 e. The van der Waals surface area contributed by atoms with Gasteiger partial charge in [0.1, 0.15) is 18.2 Å². The van der Waals surface area contributed by atoms with Gasteiger partial charge in [-0.25, -0.2) is 0 Å². The maximum Gasteiger partial charge on any atom is 0.266 e. The number of carbonyl (C=O) groups excluding carboxylic acids is 1. The molecule has 0 aliphatic carbocycles. The van der Waals surface area contributed by atoms with Crippen molar-refractivity contribution >= 4 is 49.5 Å². The minimum absolute atomic E-state index is 0.0298. The Kier molecular flexibility index (Phi) is 8.09. The van der Waals surface area contributed by atoms with Crippen LogP contribution in [-0.4, -0.2) is 13.0 Å². The Bertz CT molecular complexity index is 1200. The van der Waals surface area contributed by atoms with E-state index in [4.69, 9.17) is 9.47 Å². The summed E-state index contributed by atoms with van der Waals surface area (Å²) in [6.45, 7) is 2.30. The number of amides is 1. The zero-order valence-electron chi connectivity index (χ0n) is 17.5. The molecule has 5 nitrogen and oxygen atoms in total. The van der Waals surface area contributed by atoms with Crippen LogP contribution in [0.4, 0.5) is 5.69 Å². The van der Waals surface area contributed by atoms with Gasteiger partial charge in [-0.2, -0.15) is 5.26 Å². The molecule has 0 saturated carbocycles. The quantitative estimate of drug-likeness (QED) is 0.261. The first-order valence-electron chi connectivity index (χ1n) is 9.64. The Morgan fingerprint density at radius 1 is 1.09 bits per heavy atom. The maximum atomic E-state index is 12.6. The number of halogens is 2. The molecule has 0 unspecified atom stereocenters. The molecule has 0 radical (unpaired) electrons. The molecule has 32 heavy (non-hydrogen) atoms. The summed E-state index contributed by atoms with van der Waals surface area (Å²) in [6, 6.07) is 20.7. The highest BCUT2D eigenvalue weighted by Gasteiger charge is 2.14. The van der Waals surface area contributed by atoms with Crippen molar-refractivity contribution in [3.8, 4) is 17.6 Å². The topological polar surface area (TPSA) is 71.3 Å². The van der Waals surface area contributed by atoms with Crippen molar-refractivity contribution in [1.29, 1.82) is 5.26 Å². The van der Waals surface area contributed by atoms with Crippen molar-refractivity contribution in [2.24, 2.45) is 0 Å². The van der Waals surface area contributed by atoms with E-state index >= 15 is 0 Å². The Labute approximate surface area is 203 Å². The van der Waals surface area contributed by atoms with Gasteiger partial charge < -0.3 is 14.8 Å². The van der Waals surface area contributed by atoms with Crippen LogP contribution >= 0.6 is 31.9 Å². The molecule has 1 N–H and O–H groups in total. The zero-order chi connectivity index (χ0) is 23.1. The number of nitrogens with one attached hydrogen (secondary N) is 1. The number of anilines is 1. The number of ether oxygens (including phenoxy) is 2. The molecule has 7 heteroatoms. The van der Waals surface area contributed by atoms with Crippen LogP contribution in [0.25, 0.3) is 6.08 Å². The summed E-state index contributed by atoms with van der Waals surface area (Å²) in [5.41, 5.74) is 3.24. The first kappa shape index (κ1) is 23.6. The molecule has 162 valence electrons. The summed E-state index contributed by atoms with van der Waals surface area (Å²) in [5, 5.41) is 12.3. The third kappa shape index (κ3) is 6.22. The van der Waals surface area contributed by atoms with Gasteiger partial charge in [-0.3, -0.25) is 4.79 Å². The molecule has 0 aliphatic rings. The van der Waals surface area contributed by atoms with E-state index in [0.29, 0.717) is 33.8 Å². The van der Waals surface area contributed by atoms with E-state index in [1.165, 1.54) is 6.08 Å². The smallest absolute Gasteiger partial charge is 0.266 e. The van der Waals surface area contributed by atoms with Crippen molar-refractivity contribution in [3.05, 3.63) is 91.9 Å². The SMILES string of the molecule is COc1cc(/C=C(\C#N)C(=O)Nc2cccc(C)c2)c(Br)cc1OCc1ccc(Br)cc1. The predicted molar refractivity (Wildman–Crippen MR) is 133 cm³/mol. The van der Waals surface area contributed by atoms with Gasteiger partial charge in [0, 0.05) is 14.6 Å². The van der Waals surface area contributed by atoms with E-state index in [1.807, 2.05) is 55.5 Å². The average Bonchev–Trinajstić information content (AvgIpc) is 2.78. The van der Waals surface area contributed by atoms with Crippen LogP contribution in [0.5, 0.6) is 11.5 Å². The fraction of sp³-hybridized carbons (Fsp3) is 0.120. The van der Waals surface area contributed by atoms with Crippen molar-refractivity contribution < 1.29 is 14.3 Å². The molecule has 3 rings (SSSR count). The van der Waals surface area contributed by atoms with Gasteiger partial charge in [0.25, 0.3) is 5.91 Å². The number of benzene rings is 3. The highest BCUT2D eigenvalue weighted by atomic mass is 79.9. The van der Waals surface area contributed by atoms with E-state index in [2.05, 4.69) is 37.2 Å². The zero-order valence-corrected chi connectivity index (χ0v) is 20.7. The molecule has 3 aromatic carbocycles. The van der Waals surface area contributed by atoms with E-state index in [1.54, 1.807) is 25.3 Å². The Balaban J connectivity index is 1.81. The van der Waals surface area contributed by atoms with Gasteiger partial charge in [-0.1, -0.05) is 56.1 Å². The summed E-state index contributed by atoms with van der Waals surface area (Å²) in [5.74, 6) is 0.551. The first-order valence-corrected chi connectivity index (χ1v) is 11.2. The highest BCUT2D eigenvalue weighted by molar-refractivity contribution is 9.10. The lowest BCUT2D eigenvalue weighted by Gasteiger charge is -2.13. The van der Waals surface area contributed by atoms with Crippen LogP contribution in [0.1, 0.15) is 16.7 Å². The molecule has 0 bridgehead atoms. The summed E-state index contributed by atoms with van der Waals surface area (Å²) >= 11 is 6.92. The Morgan fingerprint density at radius 3 is 2.50 bits per heavy atom. The number of hydrogen-bond donors (Lipinski definition) is 1. The van der Waals surface area contributed by atoms with Crippen LogP contribution in [0.3, 0.4) is 0 Å². The van der Waals surface area contributed by atoms with Crippen LogP contribution in [0.15, 0.2) is 75.2 Å². The van der Waals surface area contributed by atoms with Gasteiger partial charge in [0.05, 0.1) is 7.11 Å². The summed E-state index contributed by atoms with van der Waals surface area (Å²) in [4.78, 5) is 12.6. The molecule has 0 saturated heterocycles. The molecule has 0 fully saturated rings. The largest absolute Gasteiger partial charge is 0.493 e. The summed E-state index contributed by atoms with van der Waals surface area (Å²) in [6.07, 6.45) is 1.51. The lowest BCUT2D eigenvalue weighted by molar-refractivity contribution is -0.112.